The quantitative estimate of drug-likeness (QED) is 0.523. The van der Waals surface area contributed by atoms with Crippen molar-refractivity contribution >= 4 is 50.2 Å². The van der Waals surface area contributed by atoms with Gasteiger partial charge in [-0.25, -0.2) is 4.79 Å². The highest BCUT2D eigenvalue weighted by Gasteiger charge is 2.22. The van der Waals surface area contributed by atoms with E-state index in [9.17, 15) is 9.59 Å². The number of amides is 1. The van der Waals surface area contributed by atoms with E-state index in [4.69, 9.17) is 4.74 Å². The summed E-state index contributed by atoms with van der Waals surface area (Å²) < 4.78 is 6.27. The summed E-state index contributed by atoms with van der Waals surface area (Å²) in [4.78, 5) is 25.5. The maximum absolute atomic E-state index is 12.3. The van der Waals surface area contributed by atoms with Crippen LogP contribution in [0.25, 0.3) is 6.08 Å². The highest BCUT2D eigenvalue weighted by Crippen LogP contribution is 2.33. The van der Waals surface area contributed by atoms with Crippen molar-refractivity contribution < 1.29 is 14.3 Å². The molecule has 1 heterocycles. The lowest BCUT2D eigenvalue weighted by atomic mass is 10.1. The zero-order valence-electron chi connectivity index (χ0n) is 14.6. The van der Waals surface area contributed by atoms with Crippen molar-refractivity contribution in [2.45, 2.75) is 33.8 Å². The van der Waals surface area contributed by atoms with Crippen molar-refractivity contribution in [2.24, 2.45) is 0 Å². The van der Waals surface area contributed by atoms with E-state index in [1.807, 2.05) is 38.1 Å². The van der Waals surface area contributed by atoms with E-state index in [0.717, 1.165) is 20.5 Å². The molecular formula is C19H20BrNO3S. The average molecular weight is 422 g/mol. The minimum absolute atomic E-state index is 0.215. The number of thiophene rings is 1. The van der Waals surface area contributed by atoms with E-state index in [2.05, 4.69) is 21.2 Å². The second kappa shape index (κ2) is 8.45. The summed E-state index contributed by atoms with van der Waals surface area (Å²) in [6.45, 7) is 7.37. The molecule has 6 heteroatoms. The number of ether oxygens (including phenoxy) is 1. The maximum Gasteiger partial charge on any atom is 0.341 e. The maximum atomic E-state index is 12.3. The summed E-state index contributed by atoms with van der Waals surface area (Å²) in [6.07, 6.45) is 2.96. The number of carbonyl (C=O) groups excluding carboxylic acids is 2. The molecule has 0 saturated heterocycles. The van der Waals surface area contributed by atoms with Gasteiger partial charge in [0.1, 0.15) is 5.00 Å². The Morgan fingerprint density at radius 1 is 1.20 bits per heavy atom. The first kappa shape index (κ1) is 19.4. The van der Waals surface area contributed by atoms with Crippen LogP contribution in [0.5, 0.6) is 0 Å². The first-order valence-corrected chi connectivity index (χ1v) is 9.44. The van der Waals surface area contributed by atoms with Crippen molar-refractivity contribution in [2.75, 3.05) is 5.32 Å². The monoisotopic (exact) mass is 421 g/mol. The number of nitrogens with one attached hydrogen (secondary N) is 1. The molecule has 1 aromatic carbocycles. The molecule has 0 fully saturated rings. The van der Waals surface area contributed by atoms with E-state index < -0.39 is 5.97 Å². The van der Waals surface area contributed by atoms with Crippen molar-refractivity contribution in [3.63, 3.8) is 0 Å². The first-order chi connectivity index (χ1) is 11.8. The second-order valence-electron chi connectivity index (χ2n) is 5.82. The molecule has 0 aliphatic heterocycles. The van der Waals surface area contributed by atoms with Crippen LogP contribution in [-0.4, -0.2) is 18.0 Å². The molecule has 0 aliphatic rings. The Balaban J connectivity index is 2.16. The van der Waals surface area contributed by atoms with E-state index >= 15 is 0 Å². The van der Waals surface area contributed by atoms with Gasteiger partial charge < -0.3 is 10.1 Å². The number of hydrogen-bond donors (Lipinski definition) is 1. The SMILES string of the molecule is Cc1sc(NC(=O)C=Cc2ccc(Br)cc2)c(C(=O)OC(C)C)c1C. The molecule has 0 unspecified atom stereocenters. The lowest BCUT2D eigenvalue weighted by molar-refractivity contribution is -0.111. The van der Waals surface area contributed by atoms with Crippen LogP contribution < -0.4 is 5.32 Å². The Bertz CT molecular complexity index is 807. The number of halogens is 1. The number of aryl methyl sites for hydroxylation is 1. The van der Waals surface area contributed by atoms with Gasteiger partial charge in [0.15, 0.2) is 0 Å². The summed E-state index contributed by atoms with van der Waals surface area (Å²) in [5, 5.41) is 3.31. The topological polar surface area (TPSA) is 55.4 Å². The molecule has 1 N–H and O–H groups in total. The Hall–Kier alpha value is -1.92. The van der Waals surface area contributed by atoms with Crippen LogP contribution in [0.4, 0.5) is 5.00 Å². The Morgan fingerprint density at radius 3 is 2.44 bits per heavy atom. The van der Waals surface area contributed by atoms with Gasteiger partial charge in [-0.15, -0.1) is 11.3 Å². The van der Waals surface area contributed by atoms with Crippen LogP contribution in [0.1, 0.15) is 40.2 Å². The summed E-state index contributed by atoms with van der Waals surface area (Å²) in [7, 11) is 0. The fraction of sp³-hybridized carbons (Fsp3) is 0.263. The zero-order valence-corrected chi connectivity index (χ0v) is 17.0. The molecule has 0 aliphatic carbocycles. The van der Waals surface area contributed by atoms with Gasteiger partial charge in [-0.2, -0.15) is 0 Å². The number of benzene rings is 1. The zero-order chi connectivity index (χ0) is 18.6. The molecule has 0 radical (unpaired) electrons. The fourth-order valence-corrected chi connectivity index (χ4v) is 3.45. The lowest BCUT2D eigenvalue weighted by Crippen LogP contribution is -2.15. The minimum atomic E-state index is -0.413. The number of carbonyl (C=O) groups is 2. The Kier molecular flexibility index (Phi) is 6.56. The Labute approximate surface area is 160 Å². The van der Waals surface area contributed by atoms with E-state index in [0.29, 0.717) is 10.6 Å². The molecule has 25 heavy (non-hydrogen) atoms. The van der Waals surface area contributed by atoms with Gasteiger partial charge in [0.05, 0.1) is 11.7 Å². The van der Waals surface area contributed by atoms with Gasteiger partial charge in [-0.1, -0.05) is 28.1 Å². The molecule has 0 bridgehead atoms. The summed E-state index contributed by atoms with van der Waals surface area (Å²) in [5.41, 5.74) is 2.18. The minimum Gasteiger partial charge on any atom is -0.459 e. The standard InChI is InChI=1S/C19H20BrNO3S/c1-11(2)24-19(23)17-12(3)13(4)25-18(17)21-16(22)10-7-14-5-8-15(20)9-6-14/h5-11H,1-4H3,(H,21,22). The third-order valence-corrected chi connectivity index (χ3v) is 5.12. The van der Waals surface area contributed by atoms with Crippen LogP contribution in [0.15, 0.2) is 34.8 Å². The predicted octanol–water partition coefficient (Wildman–Crippen LogP) is 5.34. The fourth-order valence-electron chi connectivity index (χ4n) is 2.13. The van der Waals surface area contributed by atoms with Gasteiger partial charge >= 0.3 is 5.97 Å². The molecule has 0 spiro atoms. The van der Waals surface area contributed by atoms with Gasteiger partial charge in [0.2, 0.25) is 5.91 Å². The van der Waals surface area contributed by atoms with Crippen LogP contribution in [0.2, 0.25) is 0 Å². The molecule has 0 saturated carbocycles. The van der Waals surface area contributed by atoms with Crippen molar-refractivity contribution in [1.82, 2.24) is 0 Å². The highest BCUT2D eigenvalue weighted by atomic mass is 79.9. The van der Waals surface area contributed by atoms with Crippen LogP contribution in [0.3, 0.4) is 0 Å². The number of rotatable bonds is 5. The van der Waals surface area contributed by atoms with Crippen molar-refractivity contribution in [3.8, 4) is 0 Å². The van der Waals surface area contributed by atoms with E-state index in [1.54, 1.807) is 19.9 Å². The van der Waals surface area contributed by atoms with Crippen LogP contribution >= 0.6 is 27.3 Å². The summed E-state index contributed by atoms with van der Waals surface area (Å²) in [5.74, 6) is -0.702. The second-order valence-corrected chi connectivity index (χ2v) is 7.96. The van der Waals surface area contributed by atoms with E-state index in [-0.39, 0.29) is 12.0 Å². The third-order valence-electron chi connectivity index (χ3n) is 3.47. The third kappa shape index (κ3) is 5.28. The molecule has 1 amide bonds. The molecular weight excluding hydrogens is 402 g/mol. The number of anilines is 1. The first-order valence-electron chi connectivity index (χ1n) is 7.83. The van der Waals surface area contributed by atoms with Crippen molar-refractivity contribution in [3.05, 3.63) is 56.4 Å². The number of hydrogen-bond acceptors (Lipinski definition) is 4. The number of esters is 1. The molecule has 0 atom stereocenters. The summed E-state index contributed by atoms with van der Waals surface area (Å²) >= 11 is 4.75. The van der Waals surface area contributed by atoms with E-state index in [1.165, 1.54) is 17.4 Å². The van der Waals surface area contributed by atoms with Gasteiger partial charge in [0.25, 0.3) is 0 Å². The smallest absolute Gasteiger partial charge is 0.341 e. The Morgan fingerprint density at radius 2 is 1.84 bits per heavy atom. The molecule has 4 nitrogen and oxygen atoms in total. The predicted molar refractivity (Wildman–Crippen MR) is 106 cm³/mol. The highest BCUT2D eigenvalue weighted by molar-refractivity contribution is 9.10. The molecule has 2 aromatic rings. The summed E-state index contributed by atoms with van der Waals surface area (Å²) in [6, 6.07) is 7.62. The van der Waals surface area contributed by atoms with Gasteiger partial charge in [-0.3, -0.25) is 4.79 Å². The average Bonchev–Trinajstić information content (AvgIpc) is 2.80. The van der Waals surface area contributed by atoms with Crippen LogP contribution in [-0.2, 0) is 9.53 Å². The van der Waals surface area contributed by atoms with Crippen molar-refractivity contribution in [1.29, 1.82) is 0 Å². The normalized spacial score (nSPS) is 11.1. The molecule has 1 aromatic heterocycles. The molecule has 132 valence electrons. The molecule has 2 rings (SSSR count). The van der Waals surface area contributed by atoms with Crippen LogP contribution in [0, 0.1) is 13.8 Å². The largest absolute Gasteiger partial charge is 0.459 e. The van der Waals surface area contributed by atoms with Gasteiger partial charge in [-0.05, 0) is 57.0 Å². The van der Waals surface area contributed by atoms with Gasteiger partial charge in [0, 0.05) is 15.4 Å². The lowest BCUT2D eigenvalue weighted by Gasteiger charge is -2.09.